The van der Waals surface area contributed by atoms with Gasteiger partial charge in [0.15, 0.2) is 0 Å². The molecule has 1 aromatic heterocycles. The number of hydrogen-bond acceptors (Lipinski definition) is 3. The van der Waals surface area contributed by atoms with Gasteiger partial charge in [-0.2, -0.15) is 4.98 Å². The number of anilines is 2. The molecule has 2 aromatic carbocycles. The monoisotopic (exact) mass is 297 g/mol. The van der Waals surface area contributed by atoms with E-state index in [1.165, 1.54) is 5.56 Å². The van der Waals surface area contributed by atoms with Gasteiger partial charge in [-0.3, -0.25) is 0 Å². The Balaban J connectivity index is 2.10. The van der Waals surface area contributed by atoms with Crippen LogP contribution in [0.1, 0.15) is 25.3 Å². The summed E-state index contributed by atoms with van der Waals surface area (Å²) in [7, 11) is 0. The lowest BCUT2D eigenvalue weighted by Crippen LogP contribution is -2.01. The van der Waals surface area contributed by atoms with Crippen molar-refractivity contribution in [2.45, 2.75) is 19.8 Å². The lowest BCUT2D eigenvalue weighted by molar-refractivity contribution is 0.869. The lowest BCUT2D eigenvalue weighted by Gasteiger charge is -2.15. The fourth-order valence-corrected chi connectivity index (χ4v) is 2.56. The molecular weight excluding hydrogens is 282 g/mol. The fourth-order valence-electron chi connectivity index (χ4n) is 2.39. The molecule has 1 heterocycles. The molecule has 0 aliphatic heterocycles. The van der Waals surface area contributed by atoms with Crippen molar-refractivity contribution >= 4 is 34.0 Å². The van der Waals surface area contributed by atoms with Crippen molar-refractivity contribution in [1.82, 2.24) is 9.97 Å². The number of benzene rings is 2. The molecular formula is C17H16ClN3. The fraction of sp³-hybridized carbons (Fsp3) is 0.176. The third kappa shape index (κ3) is 2.83. The van der Waals surface area contributed by atoms with E-state index in [1.54, 1.807) is 0 Å². The Morgan fingerprint density at radius 1 is 0.952 bits per heavy atom. The first kappa shape index (κ1) is 13.8. The van der Waals surface area contributed by atoms with Crippen molar-refractivity contribution in [3.8, 4) is 0 Å². The van der Waals surface area contributed by atoms with Crippen molar-refractivity contribution in [1.29, 1.82) is 0 Å². The molecule has 0 saturated heterocycles. The second-order valence-corrected chi connectivity index (χ2v) is 5.56. The zero-order valence-corrected chi connectivity index (χ0v) is 12.7. The first-order valence-corrected chi connectivity index (χ1v) is 7.31. The molecule has 3 nitrogen and oxygen atoms in total. The number of rotatable bonds is 3. The quantitative estimate of drug-likeness (QED) is 0.679. The Hall–Kier alpha value is -2.13. The Kier molecular flexibility index (Phi) is 3.76. The number of fused-ring (bicyclic) bond motifs is 1. The molecule has 0 unspecified atom stereocenters. The van der Waals surface area contributed by atoms with Crippen LogP contribution in [0.3, 0.4) is 0 Å². The van der Waals surface area contributed by atoms with Gasteiger partial charge >= 0.3 is 0 Å². The average molecular weight is 298 g/mol. The molecule has 0 aliphatic rings. The Labute approximate surface area is 129 Å². The normalized spacial score (nSPS) is 11.0. The summed E-state index contributed by atoms with van der Waals surface area (Å²) in [6, 6.07) is 16.1. The number of aromatic nitrogens is 2. The van der Waals surface area contributed by atoms with Crippen LogP contribution in [-0.2, 0) is 0 Å². The van der Waals surface area contributed by atoms with Crippen molar-refractivity contribution in [3.05, 3.63) is 59.4 Å². The van der Waals surface area contributed by atoms with Gasteiger partial charge < -0.3 is 5.32 Å². The summed E-state index contributed by atoms with van der Waals surface area (Å²) >= 11 is 6.03. The summed E-state index contributed by atoms with van der Waals surface area (Å²) in [6.45, 7) is 4.34. The van der Waals surface area contributed by atoms with Crippen LogP contribution in [0.2, 0.25) is 5.28 Å². The minimum absolute atomic E-state index is 0.248. The van der Waals surface area contributed by atoms with Crippen LogP contribution in [0, 0.1) is 0 Å². The first-order valence-electron chi connectivity index (χ1n) is 6.93. The van der Waals surface area contributed by atoms with Crippen LogP contribution in [0.4, 0.5) is 11.5 Å². The van der Waals surface area contributed by atoms with E-state index in [9.17, 15) is 0 Å². The molecule has 0 atom stereocenters. The molecule has 3 rings (SSSR count). The molecule has 4 heteroatoms. The molecule has 0 saturated carbocycles. The topological polar surface area (TPSA) is 37.8 Å². The molecule has 0 fully saturated rings. The maximum absolute atomic E-state index is 6.03. The van der Waals surface area contributed by atoms with Gasteiger partial charge in [0.1, 0.15) is 5.82 Å². The summed E-state index contributed by atoms with van der Waals surface area (Å²) in [4.78, 5) is 8.59. The predicted octanol–water partition coefficient (Wildman–Crippen LogP) is 5.15. The third-order valence-electron chi connectivity index (χ3n) is 3.41. The van der Waals surface area contributed by atoms with E-state index in [4.69, 9.17) is 11.6 Å². The largest absolute Gasteiger partial charge is 0.339 e. The summed E-state index contributed by atoms with van der Waals surface area (Å²) in [5, 5.41) is 4.61. The van der Waals surface area contributed by atoms with Gasteiger partial charge in [0.25, 0.3) is 0 Å². The highest BCUT2D eigenvalue weighted by molar-refractivity contribution is 6.28. The molecule has 106 valence electrons. The number of halogens is 1. The zero-order chi connectivity index (χ0) is 14.8. The summed E-state index contributed by atoms with van der Waals surface area (Å²) < 4.78 is 0. The van der Waals surface area contributed by atoms with Crippen molar-refractivity contribution < 1.29 is 0 Å². The second-order valence-electron chi connectivity index (χ2n) is 5.23. The molecule has 0 radical (unpaired) electrons. The average Bonchev–Trinajstić information content (AvgIpc) is 2.47. The van der Waals surface area contributed by atoms with E-state index in [0.29, 0.717) is 5.92 Å². The highest BCUT2D eigenvalue weighted by Crippen LogP contribution is 2.29. The Morgan fingerprint density at radius 3 is 2.48 bits per heavy atom. The van der Waals surface area contributed by atoms with Crippen molar-refractivity contribution in [2.75, 3.05) is 5.32 Å². The number of nitrogens with zero attached hydrogens (tertiary/aromatic N) is 2. The summed E-state index contributed by atoms with van der Waals surface area (Å²) in [5.74, 6) is 1.16. The van der Waals surface area contributed by atoms with Gasteiger partial charge in [0.05, 0.1) is 5.52 Å². The van der Waals surface area contributed by atoms with Crippen LogP contribution in [0.25, 0.3) is 10.9 Å². The molecule has 3 aromatic rings. The molecule has 1 N–H and O–H groups in total. The van der Waals surface area contributed by atoms with Crippen molar-refractivity contribution in [3.63, 3.8) is 0 Å². The van der Waals surface area contributed by atoms with Crippen LogP contribution < -0.4 is 5.32 Å². The molecule has 21 heavy (non-hydrogen) atoms. The van der Waals surface area contributed by atoms with Crippen LogP contribution in [0.15, 0.2) is 48.5 Å². The maximum Gasteiger partial charge on any atom is 0.224 e. The van der Waals surface area contributed by atoms with Gasteiger partial charge in [0, 0.05) is 11.1 Å². The molecule has 0 bridgehead atoms. The molecule has 0 aliphatic carbocycles. The summed E-state index contributed by atoms with van der Waals surface area (Å²) in [5.41, 5.74) is 3.13. The van der Waals surface area contributed by atoms with Crippen molar-refractivity contribution in [2.24, 2.45) is 0 Å². The van der Waals surface area contributed by atoms with E-state index in [2.05, 4.69) is 41.3 Å². The number of nitrogens with one attached hydrogen (secondary N) is 1. The molecule has 0 spiro atoms. The minimum atomic E-state index is 0.248. The standard InChI is InChI=1S/C17H16ClN3/c1-11(2)12-7-3-5-9-14(12)19-16-13-8-4-6-10-15(13)20-17(18)21-16/h3-11H,1-2H3,(H,19,20,21). The zero-order valence-electron chi connectivity index (χ0n) is 12.0. The Bertz CT molecular complexity index is 784. The van der Waals surface area contributed by atoms with Gasteiger partial charge in [-0.15, -0.1) is 0 Å². The van der Waals surface area contributed by atoms with Gasteiger partial charge in [-0.05, 0) is 41.3 Å². The third-order valence-corrected chi connectivity index (χ3v) is 3.58. The van der Waals surface area contributed by atoms with Crippen LogP contribution >= 0.6 is 11.6 Å². The Morgan fingerprint density at radius 2 is 1.67 bits per heavy atom. The van der Waals surface area contributed by atoms with E-state index in [1.807, 2.05) is 36.4 Å². The summed E-state index contributed by atoms with van der Waals surface area (Å²) in [6.07, 6.45) is 0. The SMILES string of the molecule is CC(C)c1ccccc1Nc1nc(Cl)nc2ccccc12. The minimum Gasteiger partial charge on any atom is -0.339 e. The predicted molar refractivity (Wildman–Crippen MR) is 88.4 cm³/mol. The van der Waals surface area contributed by atoms with E-state index in [0.717, 1.165) is 22.4 Å². The number of para-hydroxylation sites is 2. The maximum atomic E-state index is 6.03. The van der Waals surface area contributed by atoms with Gasteiger partial charge in [-0.25, -0.2) is 4.98 Å². The van der Waals surface area contributed by atoms with E-state index < -0.39 is 0 Å². The number of hydrogen-bond donors (Lipinski definition) is 1. The van der Waals surface area contributed by atoms with Crippen LogP contribution in [-0.4, -0.2) is 9.97 Å². The van der Waals surface area contributed by atoms with E-state index in [-0.39, 0.29) is 5.28 Å². The van der Waals surface area contributed by atoms with Gasteiger partial charge in [0.2, 0.25) is 5.28 Å². The van der Waals surface area contributed by atoms with Gasteiger partial charge in [-0.1, -0.05) is 44.2 Å². The highest BCUT2D eigenvalue weighted by Gasteiger charge is 2.10. The van der Waals surface area contributed by atoms with Crippen LogP contribution in [0.5, 0.6) is 0 Å². The second kappa shape index (κ2) is 5.70. The smallest absolute Gasteiger partial charge is 0.224 e. The van der Waals surface area contributed by atoms with E-state index >= 15 is 0 Å². The lowest BCUT2D eigenvalue weighted by atomic mass is 10.0. The highest BCUT2D eigenvalue weighted by atomic mass is 35.5. The first-order chi connectivity index (χ1) is 10.1. The molecule has 0 amide bonds.